The minimum Gasteiger partial charge on any atom is -0.507 e. The summed E-state index contributed by atoms with van der Waals surface area (Å²) < 4.78 is 44.5. The van der Waals surface area contributed by atoms with Crippen molar-refractivity contribution in [2.24, 2.45) is 4.99 Å². The van der Waals surface area contributed by atoms with Crippen molar-refractivity contribution in [3.05, 3.63) is 41.0 Å². The minimum absolute atomic E-state index is 0.0825. The van der Waals surface area contributed by atoms with Gasteiger partial charge in [0, 0.05) is 36.8 Å². The van der Waals surface area contributed by atoms with Crippen molar-refractivity contribution in [3.63, 3.8) is 0 Å². The first-order valence-corrected chi connectivity index (χ1v) is 9.37. The number of alkyl halides is 3. The average Bonchev–Trinajstić information content (AvgIpc) is 2.59. The number of nitrogens with zero attached hydrogens (tertiary/aromatic N) is 2. The molecule has 5 rings (SSSR count). The fourth-order valence-electron chi connectivity index (χ4n) is 4.47. The van der Waals surface area contributed by atoms with Crippen LogP contribution in [0.25, 0.3) is 11.3 Å². The van der Waals surface area contributed by atoms with Crippen LogP contribution in [-0.2, 0) is 10.9 Å². The molecule has 1 saturated carbocycles. The summed E-state index contributed by atoms with van der Waals surface area (Å²) in [5.74, 6) is -0.281. The van der Waals surface area contributed by atoms with Gasteiger partial charge in [0.1, 0.15) is 11.6 Å². The number of phenols is 1. The molecule has 3 N–H and O–H groups in total. The van der Waals surface area contributed by atoms with E-state index in [1.807, 2.05) is 0 Å². The zero-order chi connectivity index (χ0) is 21.0. The molecule has 2 saturated heterocycles. The van der Waals surface area contributed by atoms with Gasteiger partial charge in [-0.3, -0.25) is 4.99 Å². The van der Waals surface area contributed by atoms with Crippen LogP contribution in [0.1, 0.15) is 42.9 Å². The van der Waals surface area contributed by atoms with E-state index in [0.29, 0.717) is 23.9 Å². The third-order valence-electron chi connectivity index (χ3n) is 5.76. The van der Waals surface area contributed by atoms with Crippen molar-refractivity contribution in [1.82, 2.24) is 4.98 Å². The summed E-state index contributed by atoms with van der Waals surface area (Å²) in [5, 5.41) is 10.2. The number of anilines is 1. The van der Waals surface area contributed by atoms with Crippen LogP contribution in [-0.4, -0.2) is 34.1 Å². The van der Waals surface area contributed by atoms with Crippen molar-refractivity contribution in [2.75, 3.05) is 12.3 Å². The maximum absolute atomic E-state index is 12.9. The monoisotopic (exact) mass is 405 g/mol. The number of benzene rings is 1. The molecule has 3 aliphatic rings. The molecule has 2 aliphatic heterocycles. The summed E-state index contributed by atoms with van der Waals surface area (Å²) >= 11 is 0. The lowest BCUT2D eigenvalue weighted by atomic mass is 9.62. The Hall–Kier alpha value is -2.61. The smallest absolute Gasteiger partial charge is 0.416 e. The van der Waals surface area contributed by atoms with Gasteiger partial charge in [0.2, 0.25) is 0 Å². The highest BCUT2D eigenvalue weighted by Gasteiger charge is 2.55. The second-order valence-electron chi connectivity index (χ2n) is 8.24. The summed E-state index contributed by atoms with van der Waals surface area (Å²) in [4.78, 5) is 9.02. The lowest BCUT2D eigenvalue weighted by Gasteiger charge is -2.56. The molecule has 3 fully saturated rings. The normalized spacial score (nSPS) is 26.5. The van der Waals surface area contributed by atoms with Crippen molar-refractivity contribution >= 4 is 12.0 Å². The van der Waals surface area contributed by atoms with Gasteiger partial charge >= 0.3 is 6.18 Å². The van der Waals surface area contributed by atoms with Crippen LogP contribution in [0.4, 0.5) is 19.0 Å². The minimum atomic E-state index is -4.53. The van der Waals surface area contributed by atoms with E-state index < -0.39 is 17.5 Å². The number of hydrogen-bond acceptors (Lipinski definition) is 5. The maximum Gasteiger partial charge on any atom is 0.416 e. The number of aryl methyl sites for hydroxylation is 1. The number of pyridine rings is 1. The van der Waals surface area contributed by atoms with Crippen molar-refractivity contribution in [2.45, 2.75) is 50.4 Å². The zero-order valence-electron chi connectivity index (χ0n) is 16.2. The fourth-order valence-corrected chi connectivity index (χ4v) is 4.47. The Morgan fingerprint density at radius 1 is 1.28 bits per heavy atom. The summed E-state index contributed by atoms with van der Waals surface area (Å²) in [6.07, 6.45) is -0.213. The summed E-state index contributed by atoms with van der Waals surface area (Å²) in [7, 11) is 0. The third-order valence-corrected chi connectivity index (χ3v) is 5.76. The molecule has 154 valence electrons. The molecule has 1 aromatic heterocycles. The van der Waals surface area contributed by atoms with Crippen LogP contribution in [0.5, 0.6) is 5.75 Å². The van der Waals surface area contributed by atoms with Crippen molar-refractivity contribution < 1.29 is 23.0 Å². The van der Waals surface area contributed by atoms with Gasteiger partial charge < -0.3 is 15.6 Å². The van der Waals surface area contributed by atoms with Crippen LogP contribution >= 0.6 is 0 Å². The summed E-state index contributed by atoms with van der Waals surface area (Å²) in [6.45, 7) is 4.27. The fraction of sp³-hybridized carbons (Fsp3) is 0.429. The Labute approximate surface area is 166 Å². The van der Waals surface area contributed by atoms with Crippen molar-refractivity contribution in [3.8, 4) is 17.0 Å². The highest BCUT2D eigenvalue weighted by Crippen LogP contribution is 2.52. The van der Waals surface area contributed by atoms with Gasteiger partial charge in [0.25, 0.3) is 0 Å². The quantitative estimate of drug-likeness (QED) is 0.737. The highest BCUT2D eigenvalue weighted by molar-refractivity contribution is 5.87. The molecule has 1 aliphatic carbocycles. The Balaban J connectivity index is 1.61. The number of aliphatic imine (C=N–C) groups is 1. The second-order valence-corrected chi connectivity index (χ2v) is 8.24. The Morgan fingerprint density at radius 2 is 2.00 bits per heavy atom. The Morgan fingerprint density at radius 3 is 2.59 bits per heavy atom. The van der Waals surface area contributed by atoms with Gasteiger partial charge in [0.05, 0.1) is 22.4 Å². The van der Waals surface area contributed by atoms with Gasteiger partial charge in [0.15, 0.2) is 0 Å². The zero-order valence-corrected chi connectivity index (χ0v) is 16.2. The van der Waals surface area contributed by atoms with Gasteiger partial charge in [-0.15, -0.1) is 0 Å². The van der Waals surface area contributed by atoms with E-state index in [1.165, 1.54) is 6.92 Å². The molecule has 3 heterocycles. The summed E-state index contributed by atoms with van der Waals surface area (Å²) in [6, 6.07) is 5.03. The first-order chi connectivity index (χ1) is 13.5. The molecular formula is C21H22F3N3O2. The molecule has 0 spiro atoms. The van der Waals surface area contributed by atoms with E-state index >= 15 is 0 Å². The molecule has 1 aromatic carbocycles. The highest BCUT2D eigenvalue weighted by atomic mass is 19.4. The van der Waals surface area contributed by atoms with Gasteiger partial charge in [-0.25, -0.2) is 4.98 Å². The lowest BCUT2D eigenvalue weighted by Crippen LogP contribution is -2.60. The number of ether oxygens (including phenoxy) is 1. The van der Waals surface area contributed by atoms with E-state index in [2.05, 4.69) is 11.9 Å². The van der Waals surface area contributed by atoms with E-state index in [1.54, 1.807) is 18.3 Å². The van der Waals surface area contributed by atoms with Gasteiger partial charge in [-0.2, -0.15) is 13.2 Å². The summed E-state index contributed by atoms with van der Waals surface area (Å²) in [5.41, 5.74) is 6.40. The van der Waals surface area contributed by atoms with Crippen LogP contribution in [0.3, 0.4) is 0 Å². The third kappa shape index (κ3) is 3.57. The lowest BCUT2D eigenvalue weighted by molar-refractivity contribution is -0.175. The number of hydrogen-bond donors (Lipinski definition) is 2. The Bertz CT molecular complexity index is 972. The van der Waals surface area contributed by atoms with E-state index in [9.17, 15) is 18.3 Å². The SMILES string of the molecule is Cc1cc(C(F)(F)F)cc(O)c1-c1ccc(C=NC23CCOC(C)(C2)C3)c(N)n1. The molecular weight excluding hydrogens is 383 g/mol. The van der Waals surface area contributed by atoms with Crippen LogP contribution in [0.15, 0.2) is 29.3 Å². The molecule has 0 atom stereocenters. The number of fused-ring (bicyclic) bond motifs is 2. The predicted molar refractivity (Wildman–Crippen MR) is 104 cm³/mol. The molecule has 0 unspecified atom stereocenters. The molecule has 5 nitrogen and oxygen atoms in total. The molecule has 2 aromatic rings. The average molecular weight is 405 g/mol. The number of nitrogens with two attached hydrogens (primary N) is 1. The standard InChI is InChI=1S/C21H22F3N3O2/c1-12-7-14(21(22,23)24)8-16(28)17(12)15-4-3-13(18(25)27-15)9-26-20-5-6-29-19(2,10-20)11-20/h3-4,7-9,28H,5-6,10-11H2,1-2H3,(H2,25,27). The number of aromatic nitrogens is 1. The van der Waals surface area contributed by atoms with E-state index in [-0.39, 0.29) is 28.1 Å². The molecule has 2 bridgehead atoms. The Kier molecular flexibility index (Phi) is 4.38. The molecule has 29 heavy (non-hydrogen) atoms. The number of nitrogen functional groups attached to an aromatic ring is 1. The van der Waals surface area contributed by atoms with Crippen LogP contribution in [0, 0.1) is 6.92 Å². The topological polar surface area (TPSA) is 80.7 Å². The maximum atomic E-state index is 12.9. The molecule has 8 heteroatoms. The van der Waals surface area contributed by atoms with Crippen molar-refractivity contribution in [1.29, 1.82) is 0 Å². The molecule has 0 amide bonds. The number of phenolic OH excluding ortho intramolecular Hbond substituents is 1. The van der Waals surface area contributed by atoms with E-state index in [4.69, 9.17) is 15.5 Å². The van der Waals surface area contributed by atoms with E-state index in [0.717, 1.165) is 25.3 Å². The number of rotatable bonds is 3. The van der Waals surface area contributed by atoms with Crippen LogP contribution in [0.2, 0.25) is 0 Å². The van der Waals surface area contributed by atoms with Gasteiger partial charge in [-0.1, -0.05) is 0 Å². The number of halogens is 3. The number of aromatic hydroxyl groups is 1. The second kappa shape index (κ2) is 6.45. The first-order valence-electron chi connectivity index (χ1n) is 9.37. The first kappa shape index (κ1) is 19.7. The predicted octanol–water partition coefficient (Wildman–Crippen LogP) is 4.49. The largest absolute Gasteiger partial charge is 0.507 e. The van der Waals surface area contributed by atoms with Gasteiger partial charge in [-0.05, 0) is 50.1 Å². The van der Waals surface area contributed by atoms with Crippen LogP contribution < -0.4 is 5.73 Å². The molecule has 0 radical (unpaired) electrons.